The van der Waals surface area contributed by atoms with Gasteiger partial charge < -0.3 is 15.6 Å². The molecule has 0 saturated heterocycles. The molecule has 0 bridgehead atoms. The van der Waals surface area contributed by atoms with E-state index in [1.807, 2.05) is 31.5 Å². The number of nitrogens with zero attached hydrogens (tertiary/aromatic N) is 1. The van der Waals surface area contributed by atoms with Gasteiger partial charge in [-0.25, -0.2) is 0 Å². The Balaban J connectivity index is 2.71. The van der Waals surface area contributed by atoms with E-state index in [1.54, 1.807) is 12.3 Å². The average Bonchev–Trinajstić information content (AvgIpc) is 2.61. The lowest BCUT2D eigenvalue weighted by atomic mass is 10.1. The quantitative estimate of drug-likeness (QED) is 0.780. The zero-order valence-corrected chi connectivity index (χ0v) is 9.78. The van der Waals surface area contributed by atoms with Crippen molar-refractivity contribution in [1.29, 1.82) is 0 Å². The Morgan fingerprint density at radius 2 is 2.06 bits per heavy atom. The second kappa shape index (κ2) is 4.38. The van der Waals surface area contributed by atoms with Gasteiger partial charge in [-0.1, -0.05) is 0 Å². The maximum Gasteiger partial charge on any atom is 0.253 e. The summed E-state index contributed by atoms with van der Waals surface area (Å²) in [7, 11) is 0. The Morgan fingerprint density at radius 1 is 1.44 bits per heavy atom. The third-order valence-electron chi connectivity index (χ3n) is 2.15. The van der Waals surface area contributed by atoms with E-state index in [2.05, 4.69) is 5.32 Å². The van der Waals surface area contributed by atoms with Crippen molar-refractivity contribution < 1.29 is 9.59 Å². The Morgan fingerprint density at radius 3 is 2.50 bits per heavy atom. The maximum atomic E-state index is 11.6. The summed E-state index contributed by atoms with van der Waals surface area (Å²) in [5.74, 6) is -0.842. The summed E-state index contributed by atoms with van der Waals surface area (Å²) in [5.41, 5.74) is 5.39. The zero-order chi connectivity index (χ0) is 12.3. The van der Waals surface area contributed by atoms with Crippen LogP contribution < -0.4 is 11.1 Å². The van der Waals surface area contributed by atoms with Crippen LogP contribution in [0.4, 0.5) is 0 Å². The van der Waals surface area contributed by atoms with Gasteiger partial charge in [0.05, 0.1) is 12.1 Å². The van der Waals surface area contributed by atoms with E-state index in [9.17, 15) is 9.59 Å². The van der Waals surface area contributed by atoms with Gasteiger partial charge in [0.2, 0.25) is 5.91 Å². The highest BCUT2D eigenvalue weighted by molar-refractivity contribution is 5.96. The van der Waals surface area contributed by atoms with E-state index in [1.165, 1.54) is 0 Å². The summed E-state index contributed by atoms with van der Waals surface area (Å²) in [6.45, 7) is 5.98. The molecular weight excluding hydrogens is 206 g/mol. The fourth-order valence-electron chi connectivity index (χ4n) is 1.22. The predicted molar refractivity (Wildman–Crippen MR) is 61.0 cm³/mol. The molecule has 2 amide bonds. The van der Waals surface area contributed by atoms with Crippen LogP contribution in [0.5, 0.6) is 0 Å². The van der Waals surface area contributed by atoms with Gasteiger partial charge in [-0.05, 0) is 26.8 Å². The van der Waals surface area contributed by atoms with Crippen molar-refractivity contribution in [3.8, 4) is 0 Å². The SMILES string of the molecule is CC(C)(C)n1ccc(C(=O)NCC(N)=O)c1. The second-order valence-corrected chi connectivity index (χ2v) is 4.63. The van der Waals surface area contributed by atoms with E-state index < -0.39 is 5.91 Å². The van der Waals surface area contributed by atoms with Crippen molar-refractivity contribution >= 4 is 11.8 Å². The third kappa shape index (κ3) is 3.12. The Bertz CT molecular complexity index is 402. The number of aromatic nitrogens is 1. The van der Waals surface area contributed by atoms with Crippen molar-refractivity contribution in [2.45, 2.75) is 26.3 Å². The fraction of sp³-hybridized carbons (Fsp3) is 0.455. The molecule has 0 aliphatic heterocycles. The lowest BCUT2D eigenvalue weighted by Crippen LogP contribution is -2.33. The topological polar surface area (TPSA) is 77.1 Å². The summed E-state index contributed by atoms with van der Waals surface area (Å²) in [6.07, 6.45) is 3.58. The lowest BCUT2D eigenvalue weighted by molar-refractivity contribution is -0.117. The summed E-state index contributed by atoms with van der Waals surface area (Å²) in [4.78, 5) is 22.1. The number of carbonyl (C=O) groups is 2. The minimum absolute atomic E-state index is 0.0672. The highest BCUT2D eigenvalue weighted by Gasteiger charge is 2.15. The molecule has 1 heterocycles. The van der Waals surface area contributed by atoms with Gasteiger partial charge in [0, 0.05) is 17.9 Å². The molecule has 0 aliphatic rings. The normalized spacial score (nSPS) is 11.2. The Hall–Kier alpha value is -1.78. The summed E-state index contributed by atoms with van der Waals surface area (Å²) in [6, 6.07) is 1.71. The van der Waals surface area contributed by atoms with Crippen LogP contribution in [0.25, 0.3) is 0 Å². The van der Waals surface area contributed by atoms with E-state index in [0.29, 0.717) is 5.56 Å². The molecule has 0 atom stereocenters. The van der Waals surface area contributed by atoms with Gasteiger partial charge in [-0.3, -0.25) is 9.59 Å². The van der Waals surface area contributed by atoms with E-state index in [-0.39, 0.29) is 18.0 Å². The van der Waals surface area contributed by atoms with Crippen LogP contribution in [0.1, 0.15) is 31.1 Å². The first-order valence-corrected chi connectivity index (χ1v) is 5.05. The number of rotatable bonds is 3. The molecule has 16 heavy (non-hydrogen) atoms. The monoisotopic (exact) mass is 223 g/mol. The van der Waals surface area contributed by atoms with Gasteiger partial charge in [0.15, 0.2) is 0 Å². The molecule has 0 radical (unpaired) electrons. The lowest BCUT2D eigenvalue weighted by Gasteiger charge is -2.20. The highest BCUT2D eigenvalue weighted by atomic mass is 16.2. The van der Waals surface area contributed by atoms with Crippen LogP contribution in [0.3, 0.4) is 0 Å². The minimum Gasteiger partial charge on any atom is -0.368 e. The van der Waals surface area contributed by atoms with Gasteiger partial charge in [0.1, 0.15) is 0 Å². The van der Waals surface area contributed by atoms with Gasteiger partial charge in [0.25, 0.3) is 5.91 Å². The molecule has 0 unspecified atom stereocenters. The average molecular weight is 223 g/mol. The smallest absolute Gasteiger partial charge is 0.253 e. The van der Waals surface area contributed by atoms with Crippen molar-refractivity contribution in [3.63, 3.8) is 0 Å². The summed E-state index contributed by atoms with van der Waals surface area (Å²) < 4.78 is 1.94. The molecule has 5 nitrogen and oxygen atoms in total. The second-order valence-electron chi connectivity index (χ2n) is 4.63. The van der Waals surface area contributed by atoms with Crippen LogP contribution in [0, 0.1) is 0 Å². The molecule has 1 rings (SSSR count). The van der Waals surface area contributed by atoms with Gasteiger partial charge >= 0.3 is 0 Å². The molecule has 1 aromatic rings. The number of nitrogens with two attached hydrogens (primary N) is 1. The van der Waals surface area contributed by atoms with Crippen molar-refractivity contribution in [2.24, 2.45) is 5.73 Å². The van der Waals surface area contributed by atoms with Crippen molar-refractivity contribution in [3.05, 3.63) is 24.0 Å². The molecule has 5 heteroatoms. The first-order chi connectivity index (χ1) is 7.30. The van der Waals surface area contributed by atoms with E-state index in [0.717, 1.165) is 0 Å². The fourth-order valence-corrected chi connectivity index (χ4v) is 1.22. The third-order valence-corrected chi connectivity index (χ3v) is 2.15. The molecule has 3 N–H and O–H groups in total. The Labute approximate surface area is 94.6 Å². The van der Waals surface area contributed by atoms with Crippen LogP contribution in [0.2, 0.25) is 0 Å². The van der Waals surface area contributed by atoms with Crippen LogP contribution in [-0.2, 0) is 10.3 Å². The minimum atomic E-state index is -0.552. The molecule has 88 valence electrons. The number of amides is 2. The van der Waals surface area contributed by atoms with Crippen LogP contribution in [-0.4, -0.2) is 22.9 Å². The first kappa shape index (κ1) is 12.3. The molecule has 1 aromatic heterocycles. The molecule has 0 saturated carbocycles. The van der Waals surface area contributed by atoms with Crippen molar-refractivity contribution in [1.82, 2.24) is 9.88 Å². The van der Waals surface area contributed by atoms with Gasteiger partial charge in [-0.2, -0.15) is 0 Å². The number of hydrogen-bond acceptors (Lipinski definition) is 2. The summed E-state index contributed by atoms with van der Waals surface area (Å²) in [5, 5.41) is 2.44. The number of nitrogens with one attached hydrogen (secondary N) is 1. The number of primary amides is 1. The summed E-state index contributed by atoms with van der Waals surface area (Å²) >= 11 is 0. The number of carbonyl (C=O) groups excluding carboxylic acids is 2. The molecule has 0 aromatic carbocycles. The zero-order valence-electron chi connectivity index (χ0n) is 9.78. The number of hydrogen-bond donors (Lipinski definition) is 2. The first-order valence-electron chi connectivity index (χ1n) is 5.05. The Kier molecular flexibility index (Phi) is 3.37. The van der Waals surface area contributed by atoms with Crippen LogP contribution >= 0.6 is 0 Å². The van der Waals surface area contributed by atoms with Crippen LogP contribution in [0.15, 0.2) is 18.5 Å². The molecule has 0 fully saturated rings. The van der Waals surface area contributed by atoms with E-state index in [4.69, 9.17) is 5.73 Å². The predicted octanol–water partition coefficient (Wildman–Crippen LogP) is 0.458. The standard InChI is InChI=1S/C11H17N3O2/c1-11(2,3)14-5-4-8(7-14)10(16)13-6-9(12)15/h4-5,7H,6H2,1-3H3,(H2,12,15)(H,13,16). The molecule has 0 aliphatic carbocycles. The van der Waals surface area contributed by atoms with Crippen molar-refractivity contribution in [2.75, 3.05) is 6.54 Å². The largest absolute Gasteiger partial charge is 0.368 e. The molecular formula is C11H17N3O2. The highest BCUT2D eigenvalue weighted by Crippen LogP contribution is 2.15. The molecule has 0 spiro atoms. The maximum absolute atomic E-state index is 11.6. The van der Waals surface area contributed by atoms with Gasteiger partial charge in [-0.15, -0.1) is 0 Å². The van der Waals surface area contributed by atoms with E-state index >= 15 is 0 Å².